The number of aldehydes is 1. The summed E-state index contributed by atoms with van der Waals surface area (Å²) in [4.78, 5) is 18.3. The van der Waals surface area contributed by atoms with E-state index in [0.29, 0.717) is 17.7 Å². The molecule has 0 bridgehead atoms. The summed E-state index contributed by atoms with van der Waals surface area (Å²) in [6.45, 7) is 6.71. The van der Waals surface area contributed by atoms with Crippen molar-refractivity contribution in [2.45, 2.75) is 38.6 Å². The Balaban J connectivity index is 1.90. The van der Waals surface area contributed by atoms with Gasteiger partial charge in [0.25, 0.3) is 0 Å². The van der Waals surface area contributed by atoms with E-state index in [0.717, 1.165) is 43.6 Å². The standard InChI is InChI=1S/C16H21N3O/c1-12(2)18-8-6-13(7-9-18)16-17-10-14-4-3-5-15(11-20)19(14)16/h3-5,10-13H,6-9H2,1-2H3. The summed E-state index contributed by atoms with van der Waals surface area (Å²) in [5.41, 5.74) is 1.71. The molecule has 0 amide bonds. The molecule has 0 atom stereocenters. The zero-order valence-electron chi connectivity index (χ0n) is 12.1. The Morgan fingerprint density at radius 3 is 2.70 bits per heavy atom. The molecule has 4 heteroatoms. The second kappa shape index (κ2) is 5.37. The van der Waals surface area contributed by atoms with Gasteiger partial charge in [-0.05, 0) is 51.9 Å². The lowest BCUT2D eigenvalue weighted by Crippen LogP contribution is -2.38. The molecule has 2 aromatic heterocycles. The van der Waals surface area contributed by atoms with Crippen molar-refractivity contribution in [3.8, 4) is 0 Å². The molecule has 1 fully saturated rings. The molecule has 3 heterocycles. The Hall–Kier alpha value is -1.68. The van der Waals surface area contributed by atoms with Crippen LogP contribution >= 0.6 is 0 Å². The highest BCUT2D eigenvalue weighted by Gasteiger charge is 2.25. The first kappa shape index (κ1) is 13.3. The first-order chi connectivity index (χ1) is 9.70. The van der Waals surface area contributed by atoms with Crippen molar-refractivity contribution in [1.29, 1.82) is 0 Å². The number of nitrogens with zero attached hydrogens (tertiary/aromatic N) is 3. The molecule has 20 heavy (non-hydrogen) atoms. The second-order valence-corrected chi connectivity index (χ2v) is 5.85. The summed E-state index contributed by atoms with van der Waals surface area (Å²) in [5, 5.41) is 0. The monoisotopic (exact) mass is 271 g/mol. The molecule has 0 radical (unpaired) electrons. The lowest BCUT2D eigenvalue weighted by Gasteiger charge is -2.34. The van der Waals surface area contributed by atoms with Crippen LogP contribution in [0.15, 0.2) is 24.4 Å². The minimum atomic E-state index is 0.452. The van der Waals surface area contributed by atoms with Crippen LogP contribution in [0, 0.1) is 0 Å². The number of fused-ring (bicyclic) bond motifs is 1. The van der Waals surface area contributed by atoms with Gasteiger partial charge in [-0.15, -0.1) is 0 Å². The van der Waals surface area contributed by atoms with E-state index in [1.807, 2.05) is 28.8 Å². The molecule has 1 saturated heterocycles. The number of carbonyl (C=O) groups is 1. The van der Waals surface area contributed by atoms with E-state index in [4.69, 9.17) is 0 Å². The normalized spacial score (nSPS) is 17.9. The maximum Gasteiger partial charge on any atom is 0.166 e. The van der Waals surface area contributed by atoms with Gasteiger partial charge in [-0.3, -0.25) is 9.20 Å². The number of hydrogen-bond donors (Lipinski definition) is 0. The van der Waals surface area contributed by atoms with E-state index in [1.165, 1.54) is 0 Å². The Labute approximate surface area is 119 Å². The third-order valence-electron chi connectivity index (χ3n) is 4.35. The molecule has 0 saturated carbocycles. The lowest BCUT2D eigenvalue weighted by atomic mass is 9.95. The highest BCUT2D eigenvalue weighted by Crippen LogP contribution is 2.29. The number of imidazole rings is 1. The van der Waals surface area contributed by atoms with Gasteiger partial charge in [-0.2, -0.15) is 0 Å². The Kier molecular flexibility index (Phi) is 3.57. The van der Waals surface area contributed by atoms with Gasteiger partial charge in [0, 0.05) is 12.0 Å². The van der Waals surface area contributed by atoms with Gasteiger partial charge in [-0.25, -0.2) is 4.98 Å². The van der Waals surface area contributed by atoms with Crippen LogP contribution in [0.1, 0.15) is 48.9 Å². The molecular formula is C16H21N3O. The molecule has 4 nitrogen and oxygen atoms in total. The largest absolute Gasteiger partial charge is 0.301 e. The number of piperidine rings is 1. The molecule has 0 aliphatic carbocycles. The quantitative estimate of drug-likeness (QED) is 0.806. The van der Waals surface area contributed by atoms with Crippen LogP contribution in [0.4, 0.5) is 0 Å². The first-order valence-electron chi connectivity index (χ1n) is 7.36. The average Bonchev–Trinajstić information content (AvgIpc) is 2.91. The van der Waals surface area contributed by atoms with Gasteiger partial charge < -0.3 is 4.90 Å². The summed E-state index contributed by atoms with van der Waals surface area (Å²) in [6, 6.07) is 6.38. The van der Waals surface area contributed by atoms with E-state index < -0.39 is 0 Å². The highest BCUT2D eigenvalue weighted by atomic mass is 16.1. The Bertz CT molecular complexity index is 609. The maximum absolute atomic E-state index is 11.2. The number of carbonyl (C=O) groups excluding carboxylic acids is 1. The minimum Gasteiger partial charge on any atom is -0.301 e. The molecule has 0 spiro atoms. The lowest BCUT2D eigenvalue weighted by molar-refractivity contribution is 0.111. The molecule has 106 valence electrons. The first-order valence-corrected chi connectivity index (χ1v) is 7.36. The van der Waals surface area contributed by atoms with Crippen molar-refractivity contribution < 1.29 is 4.79 Å². The topological polar surface area (TPSA) is 37.6 Å². The fraction of sp³-hybridized carbons (Fsp3) is 0.500. The zero-order valence-corrected chi connectivity index (χ0v) is 12.1. The molecule has 0 N–H and O–H groups in total. The second-order valence-electron chi connectivity index (χ2n) is 5.85. The SMILES string of the molecule is CC(C)N1CCC(c2ncc3cccc(C=O)n23)CC1. The van der Waals surface area contributed by atoms with Crippen LogP contribution < -0.4 is 0 Å². The van der Waals surface area contributed by atoms with E-state index in [9.17, 15) is 4.79 Å². The number of rotatable bonds is 3. The van der Waals surface area contributed by atoms with Crippen LogP contribution in [-0.2, 0) is 0 Å². The summed E-state index contributed by atoms with van der Waals surface area (Å²) >= 11 is 0. The molecular weight excluding hydrogens is 250 g/mol. The van der Waals surface area contributed by atoms with Crippen LogP contribution in [0.2, 0.25) is 0 Å². The van der Waals surface area contributed by atoms with Crippen molar-refractivity contribution in [2.24, 2.45) is 0 Å². The Morgan fingerprint density at radius 1 is 1.30 bits per heavy atom. The van der Waals surface area contributed by atoms with Crippen LogP contribution in [0.3, 0.4) is 0 Å². The van der Waals surface area contributed by atoms with Crippen molar-refractivity contribution >= 4 is 11.8 Å². The maximum atomic E-state index is 11.2. The van der Waals surface area contributed by atoms with Gasteiger partial charge >= 0.3 is 0 Å². The van der Waals surface area contributed by atoms with E-state index in [1.54, 1.807) is 0 Å². The van der Waals surface area contributed by atoms with E-state index >= 15 is 0 Å². The molecule has 0 aromatic carbocycles. The molecule has 1 aliphatic rings. The van der Waals surface area contributed by atoms with Crippen LogP contribution in [0.5, 0.6) is 0 Å². The summed E-state index contributed by atoms with van der Waals surface area (Å²) in [6.07, 6.45) is 5.02. The summed E-state index contributed by atoms with van der Waals surface area (Å²) in [7, 11) is 0. The highest BCUT2D eigenvalue weighted by molar-refractivity contribution is 5.74. The van der Waals surface area contributed by atoms with Crippen molar-refractivity contribution in [2.75, 3.05) is 13.1 Å². The van der Waals surface area contributed by atoms with Crippen LogP contribution in [0.25, 0.3) is 5.52 Å². The predicted octanol–water partition coefficient (Wildman–Crippen LogP) is 2.73. The molecule has 2 aromatic rings. The fourth-order valence-electron chi connectivity index (χ4n) is 3.15. The molecule has 3 rings (SSSR count). The third-order valence-corrected chi connectivity index (χ3v) is 4.35. The van der Waals surface area contributed by atoms with Gasteiger partial charge in [0.2, 0.25) is 0 Å². The molecule has 0 unspecified atom stereocenters. The smallest absolute Gasteiger partial charge is 0.166 e. The van der Waals surface area contributed by atoms with Gasteiger partial charge in [0.1, 0.15) is 5.82 Å². The number of pyridine rings is 1. The van der Waals surface area contributed by atoms with Crippen molar-refractivity contribution in [1.82, 2.24) is 14.3 Å². The fourth-order valence-corrected chi connectivity index (χ4v) is 3.15. The molecule has 1 aliphatic heterocycles. The number of hydrogen-bond acceptors (Lipinski definition) is 3. The van der Waals surface area contributed by atoms with E-state index in [-0.39, 0.29) is 0 Å². The predicted molar refractivity (Wildman–Crippen MR) is 79.3 cm³/mol. The minimum absolute atomic E-state index is 0.452. The van der Waals surface area contributed by atoms with Gasteiger partial charge in [0.05, 0.1) is 17.4 Å². The van der Waals surface area contributed by atoms with Crippen molar-refractivity contribution in [3.63, 3.8) is 0 Å². The Morgan fingerprint density at radius 2 is 2.05 bits per heavy atom. The third kappa shape index (κ3) is 2.24. The number of aromatic nitrogens is 2. The zero-order chi connectivity index (χ0) is 14.1. The van der Waals surface area contributed by atoms with Gasteiger partial charge in [-0.1, -0.05) is 6.07 Å². The average molecular weight is 271 g/mol. The summed E-state index contributed by atoms with van der Waals surface area (Å²) < 4.78 is 2.02. The summed E-state index contributed by atoms with van der Waals surface area (Å²) in [5.74, 6) is 1.50. The van der Waals surface area contributed by atoms with Crippen LogP contribution in [-0.4, -0.2) is 39.7 Å². The number of likely N-dealkylation sites (tertiary alicyclic amines) is 1. The van der Waals surface area contributed by atoms with Gasteiger partial charge in [0.15, 0.2) is 6.29 Å². The van der Waals surface area contributed by atoms with E-state index in [2.05, 4.69) is 23.7 Å². The van der Waals surface area contributed by atoms with Crippen molar-refractivity contribution in [3.05, 3.63) is 35.9 Å².